The molecule has 1 aromatic rings. The molecule has 30 heavy (non-hydrogen) atoms. The van der Waals surface area contributed by atoms with Gasteiger partial charge in [-0.15, -0.1) is 0 Å². The molecule has 7 nitrogen and oxygen atoms in total. The van der Waals surface area contributed by atoms with Gasteiger partial charge in [0.2, 0.25) is 0 Å². The van der Waals surface area contributed by atoms with Crippen molar-refractivity contribution < 1.29 is 28.4 Å². The van der Waals surface area contributed by atoms with Crippen LogP contribution in [-0.4, -0.2) is 46.4 Å². The molecule has 0 amide bonds. The van der Waals surface area contributed by atoms with Crippen molar-refractivity contribution in [2.45, 2.75) is 98.6 Å². The van der Waals surface area contributed by atoms with Crippen molar-refractivity contribution in [2.24, 2.45) is 0 Å². The van der Waals surface area contributed by atoms with Crippen LogP contribution < -0.4 is 5.46 Å². The zero-order valence-electron chi connectivity index (χ0n) is 20.1. The molecule has 1 aromatic heterocycles. The summed E-state index contributed by atoms with van der Waals surface area (Å²) in [4.78, 5) is 29.9. The summed E-state index contributed by atoms with van der Waals surface area (Å²) < 4.78 is 23.4. The summed E-state index contributed by atoms with van der Waals surface area (Å²) >= 11 is 0. The highest BCUT2D eigenvalue weighted by atomic mass is 16.7. The maximum atomic E-state index is 12.9. The molecule has 1 aliphatic heterocycles. The van der Waals surface area contributed by atoms with Crippen LogP contribution in [-0.2, 0) is 18.8 Å². The Morgan fingerprint density at radius 3 is 1.77 bits per heavy atom. The molecule has 1 fully saturated rings. The molecule has 1 saturated heterocycles. The zero-order valence-corrected chi connectivity index (χ0v) is 20.1. The maximum absolute atomic E-state index is 12.9. The highest BCUT2D eigenvalue weighted by Crippen LogP contribution is 2.37. The molecular weight excluding hydrogens is 385 g/mol. The predicted molar refractivity (Wildman–Crippen MR) is 115 cm³/mol. The number of hydrogen-bond acceptors (Lipinski definition) is 7. The first-order chi connectivity index (χ1) is 13.3. The average molecular weight is 419 g/mol. The molecule has 0 N–H and O–H groups in total. The van der Waals surface area contributed by atoms with E-state index in [0.717, 1.165) is 0 Å². The third-order valence-corrected chi connectivity index (χ3v) is 5.09. The molecule has 2 heterocycles. The number of hydrogen-bond donors (Lipinski definition) is 0. The highest BCUT2D eigenvalue weighted by molar-refractivity contribution is 6.64. The van der Waals surface area contributed by atoms with Crippen molar-refractivity contribution >= 4 is 24.5 Å². The van der Waals surface area contributed by atoms with E-state index in [1.54, 1.807) is 48.5 Å². The van der Waals surface area contributed by atoms with Gasteiger partial charge in [0.1, 0.15) is 16.9 Å². The summed E-state index contributed by atoms with van der Waals surface area (Å²) in [6.45, 7) is 20.1. The summed E-state index contributed by atoms with van der Waals surface area (Å²) in [6.07, 6.45) is 1.34. The summed E-state index contributed by atoms with van der Waals surface area (Å²) in [5.41, 5.74) is -1.42. The molecule has 166 valence electrons. The minimum absolute atomic E-state index is 0.0632. The topological polar surface area (TPSA) is 84.0 Å². The first-order valence-corrected chi connectivity index (χ1v) is 10.2. The van der Waals surface area contributed by atoms with Gasteiger partial charge in [-0.05, 0) is 81.7 Å². The van der Waals surface area contributed by atoms with Gasteiger partial charge in [0, 0.05) is 11.7 Å². The molecule has 2 rings (SSSR count). The third-order valence-electron chi connectivity index (χ3n) is 5.09. The Labute approximate surface area is 180 Å². The largest absolute Gasteiger partial charge is 0.497 e. The van der Waals surface area contributed by atoms with E-state index in [1.165, 1.54) is 6.20 Å². The zero-order chi connectivity index (χ0) is 23.3. The predicted octanol–water partition coefficient (Wildman–Crippen LogP) is 3.60. The summed E-state index contributed by atoms with van der Waals surface area (Å²) in [6, 6.07) is 0. The van der Waals surface area contributed by atoms with Crippen molar-refractivity contribution in [1.29, 1.82) is 0 Å². The molecule has 1 aliphatic rings. The number of carbonyl (C=O) groups is 2. The van der Waals surface area contributed by atoms with Crippen molar-refractivity contribution in [3.8, 4) is 0 Å². The second-order valence-corrected chi connectivity index (χ2v) is 10.7. The Morgan fingerprint density at radius 2 is 1.33 bits per heavy atom. The quantitative estimate of drug-likeness (QED) is 0.547. The summed E-state index contributed by atoms with van der Waals surface area (Å²) in [5.74, 6) is -1.13. The van der Waals surface area contributed by atoms with Crippen LogP contribution in [0.4, 0.5) is 0 Å². The summed E-state index contributed by atoms with van der Waals surface area (Å²) in [5, 5.41) is 0. The standard InChI is InChI=1S/C22H34BNO6/c1-13-14(17(25)27-19(2,3)4)12-24-16(18(26)28-20(5,6)7)15(13)23-29-21(8,9)22(10,11)30-23/h12H,1-11H3. The lowest BCUT2D eigenvalue weighted by Crippen LogP contribution is -2.43. The lowest BCUT2D eigenvalue weighted by Gasteiger charge is -2.32. The first-order valence-electron chi connectivity index (χ1n) is 10.2. The van der Waals surface area contributed by atoms with Crippen LogP contribution in [0, 0.1) is 6.92 Å². The van der Waals surface area contributed by atoms with Gasteiger partial charge < -0.3 is 18.8 Å². The molecule has 0 spiro atoms. The second kappa shape index (κ2) is 7.64. The first kappa shape index (κ1) is 24.3. The van der Waals surface area contributed by atoms with E-state index in [-0.39, 0.29) is 11.3 Å². The van der Waals surface area contributed by atoms with Crippen molar-refractivity contribution in [1.82, 2.24) is 4.98 Å². The van der Waals surface area contributed by atoms with E-state index < -0.39 is 41.5 Å². The fourth-order valence-electron chi connectivity index (χ4n) is 2.90. The van der Waals surface area contributed by atoms with E-state index in [1.807, 2.05) is 27.7 Å². The maximum Gasteiger partial charge on any atom is 0.497 e. The smallest absolute Gasteiger partial charge is 0.456 e. The number of carbonyl (C=O) groups excluding carboxylic acids is 2. The molecule has 0 radical (unpaired) electrons. The van der Waals surface area contributed by atoms with Crippen LogP contribution in [0.2, 0.25) is 0 Å². The van der Waals surface area contributed by atoms with Crippen LogP contribution in [0.25, 0.3) is 0 Å². The normalized spacial score (nSPS) is 18.3. The fourth-order valence-corrected chi connectivity index (χ4v) is 2.90. The van der Waals surface area contributed by atoms with Gasteiger partial charge >= 0.3 is 19.1 Å². The second-order valence-electron chi connectivity index (χ2n) is 10.7. The molecule has 0 saturated carbocycles. The number of ether oxygens (including phenoxy) is 2. The fraction of sp³-hybridized carbons (Fsp3) is 0.682. The molecule has 0 atom stereocenters. The highest BCUT2D eigenvalue weighted by Gasteiger charge is 2.53. The van der Waals surface area contributed by atoms with Crippen LogP contribution in [0.1, 0.15) is 95.6 Å². The minimum atomic E-state index is -0.882. The molecule has 0 aromatic carbocycles. The number of nitrogens with zero attached hydrogens (tertiary/aromatic N) is 1. The van der Waals surface area contributed by atoms with E-state index in [0.29, 0.717) is 11.0 Å². The number of pyridine rings is 1. The molecule has 8 heteroatoms. The van der Waals surface area contributed by atoms with Gasteiger partial charge in [-0.2, -0.15) is 0 Å². The number of esters is 2. The number of aromatic nitrogens is 1. The van der Waals surface area contributed by atoms with Crippen molar-refractivity contribution in [2.75, 3.05) is 0 Å². The molecule has 0 bridgehead atoms. The Balaban J connectivity index is 2.61. The van der Waals surface area contributed by atoms with Gasteiger partial charge in [-0.25, -0.2) is 14.6 Å². The van der Waals surface area contributed by atoms with Crippen LogP contribution in [0.3, 0.4) is 0 Å². The molecule has 0 unspecified atom stereocenters. The van der Waals surface area contributed by atoms with E-state index in [9.17, 15) is 9.59 Å². The third kappa shape index (κ3) is 5.21. The average Bonchev–Trinajstić information content (AvgIpc) is 2.70. The Morgan fingerprint density at radius 1 is 0.900 bits per heavy atom. The molecule has 0 aliphatic carbocycles. The Bertz CT molecular complexity index is 832. The monoisotopic (exact) mass is 419 g/mol. The van der Waals surface area contributed by atoms with Gasteiger partial charge in [-0.3, -0.25) is 0 Å². The molecular formula is C22H34BNO6. The van der Waals surface area contributed by atoms with Crippen LogP contribution in [0.15, 0.2) is 6.20 Å². The SMILES string of the molecule is Cc1c(C(=O)OC(C)(C)C)cnc(C(=O)OC(C)(C)C)c1B1OC(C)(C)C(C)(C)O1. The van der Waals surface area contributed by atoms with Gasteiger partial charge in [-0.1, -0.05) is 0 Å². The van der Waals surface area contributed by atoms with Crippen molar-refractivity contribution in [3.05, 3.63) is 23.0 Å². The number of rotatable bonds is 3. The van der Waals surface area contributed by atoms with Gasteiger partial charge in [0.15, 0.2) is 0 Å². The van der Waals surface area contributed by atoms with Gasteiger partial charge in [0.05, 0.1) is 16.8 Å². The van der Waals surface area contributed by atoms with Crippen LogP contribution >= 0.6 is 0 Å². The van der Waals surface area contributed by atoms with E-state index in [2.05, 4.69) is 4.98 Å². The Hall–Kier alpha value is -1.93. The van der Waals surface area contributed by atoms with Crippen LogP contribution in [0.5, 0.6) is 0 Å². The van der Waals surface area contributed by atoms with E-state index in [4.69, 9.17) is 18.8 Å². The summed E-state index contributed by atoms with van der Waals surface area (Å²) in [7, 11) is -0.882. The lowest BCUT2D eigenvalue weighted by molar-refractivity contribution is 0.00466. The lowest BCUT2D eigenvalue weighted by atomic mass is 9.74. The van der Waals surface area contributed by atoms with Gasteiger partial charge in [0.25, 0.3) is 0 Å². The van der Waals surface area contributed by atoms with Crippen molar-refractivity contribution in [3.63, 3.8) is 0 Å². The Kier molecular flexibility index (Phi) is 6.20. The van der Waals surface area contributed by atoms with E-state index >= 15 is 0 Å². The minimum Gasteiger partial charge on any atom is -0.456 e.